The van der Waals surface area contributed by atoms with E-state index < -0.39 is 0 Å². The highest BCUT2D eigenvalue weighted by molar-refractivity contribution is 4.69. The largest absolute Gasteiger partial charge is 0.396 e. The molecule has 2 heteroatoms. The molecule has 0 saturated heterocycles. The van der Waals surface area contributed by atoms with Gasteiger partial charge in [-0.05, 0) is 39.3 Å². The standard InChI is InChI=1S/C10H23NO/c1-9(2)11(5)7-6-10(3,4)8-12/h9,12H,6-8H2,1-5H3. The third kappa shape index (κ3) is 4.73. The second-order valence-corrected chi connectivity index (χ2v) is 4.65. The number of hydrogen-bond acceptors (Lipinski definition) is 2. The van der Waals surface area contributed by atoms with Gasteiger partial charge in [0, 0.05) is 12.6 Å². The van der Waals surface area contributed by atoms with E-state index in [0.29, 0.717) is 6.04 Å². The molecule has 0 heterocycles. The molecule has 74 valence electrons. The van der Waals surface area contributed by atoms with Crippen LogP contribution >= 0.6 is 0 Å². The highest BCUT2D eigenvalue weighted by atomic mass is 16.3. The maximum atomic E-state index is 9.03. The van der Waals surface area contributed by atoms with Crippen LogP contribution < -0.4 is 0 Å². The van der Waals surface area contributed by atoms with Crippen molar-refractivity contribution in [3.63, 3.8) is 0 Å². The molecule has 0 unspecified atom stereocenters. The first-order chi connectivity index (χ1) is 5.39. The van der Waals surface area contributed by atoms with Crippen molar-refractivity contribution in [2.45, 2.75) is 40.2 Å². The predicted molar refractivity (Wildman–Crippen MR) is 53.2 cm³/mol. The molecule has 0 fully saturated rings. The molecule has 0 aliphatic rings. The minimum Gasteiger partial charge on any atom is -0.396 e. The summed E-state index contributed by atoms with van der Waals surface area (Å²) in [6.45, 7) is 9.91. The van der Waals surface area contributed by atoms with Crippen molar-refractivity contribution in [1.29, 1.82) is 0 Å². The zero-order valence-corrected chi connectivity index (χ0v) is 9.09. The molecular formula is C10H23NO. The van der Waals surface area contributed by atoms with E-state index in [2.05, 4.69) is 39.6 Å². The van der Waals surface area contributed by atoms with Gasteiger partial charge in [0.25, 0.3) is 0 Å². The summed E-state index contributed by atoms with van der Waals surface area (Å²) in [5, 5.41) is 9.03. The van der Waals surface area contributed by atoms with Gasteiger partial charge in [-0.25, -0.2) is 0 Å². The van der Waals surface area contributed by atoms with E-state index in [0.717, 1.165) is 13.0 Å². The van der Waals surface area contributed by atoms with Gasteiger partial charge in [0.05, 0.1) is 0 Å². The highest BCUT2D eigenvalue weighted by Gasteiger charge is 2.17. The van der Waals surface area contributed by atoms with Crippen molar-refractivity contribution in [2.24, 2.45) is 5.41 Å². The van der Waals surface area contributed by atoms with Crippen LogP contribution in [-0.4, -0.2) is 36.2 Å². The van der Waals surface area contributed by atoms with Crippen LogP contribution in [0.4, 0.5) is 0 Å². The third-order valence-electron chi connectivity index (χ3n) is 2.45. The molecule has 0 saturated carbocycles. The number of aliphatic hydroxyl groups is 1. The molecule has 0 atom stereocenters. The van der Waals surface area contributed by atoms with E-state index in [4.69, 9.17) is 5.11 Å². The van der Waals surface area contributed by atoms with E-state index in [-0.39, 0.29) is 12.0 Å². The Kier molecular flexibility index (Phi) is 4.80. The Morgan fingerprint density at radius 3 is 2.17 bits per heavy atom. The molecule has 0 spiro atoms. The Balaban J connectivity index is 3.67. The molecule has 0 aliphatic heterocycles. The van der Waals surface area contributed by atoms with Crippen molar-refractivity contribution in [3.05, 3.63) is 0 Å². The number of hydrogen-bond donors (Lipinski definition) is 1. The summed E-state index contributed by atoms with van der Waals surface area (Å²) >= 11 is 0. The zero-order valence-electron chi connectivity index (χ0n) is 9.09. The summed E-state index contributed by atoms with van der Waals surface area (Å²) in [5.74, 6) is 0. The number of rotatable bonds is 5. The first-order valence-electron chi connectivity index (χ1n) is 4.70. The van der Waals surface area contributed by atoms with Gasteiger partial charge in [-0.3, -0.25) is 0 Å². The summed E-state index contributed by atoms with van der Waals surface area (Å²) in [7, 11) is 2.12. The SMILES string of the molecule is CC(C)N(C)CCC(C)(C)CO. The van der Waals surface area contributed by atoms with Crippen molar-refractivity contribution in [1.82, 2.24) is 4.90 Å². The Morgan fingerprint density at radius 1 is 1.33 bits per heavy atom. The molecule has 0 aromatic rings. The van der Waals surface area contributed by atoms with E-state index in [1.807, 2.05) is 0 Å². The molecule has 0 aromatic carbocycles. The van der Waals surface area contributed by atoms with E-state index in [9.17, 15) is 0 Å². The van der Waals surface area contributed by atoms with Gasteiger partial charge in [0.1, 0.15) is 0 Å². The van der Waals surface area contributed by atoms with Gasteiger partial charge in [0.15, 0.2) is 0 Å². The van der Waals surface area contributed by atoms with Crippen LogP contribution in [0.5, 0.6) is 0 Å². The molecule has 0 rings (SSSR count). The normalized spacial score (nSPS) is 13.0. The average Bonchev–Trinajstić information content (AvgIpc) is 2.00. The molecule has 0 aromatic heterocycles. The van der Waals surface area contributed by atoms with Gasteiger partial charge in [-0.2, -0.15) is 0 Å². The Hall–Kier alpha value is -0.0800. The summed E-state index contributed by atoms with van der Waals surface area (Å²) in [4.78, 5) is 2.30. The molecular weight excluding hydrogens is 150 g/mol. The lowest BCUT2D eigenvalue weighted by atomic mass is 9.90. The first kappa shape index (κ1) is 11.9. The molecule has 0 bridgehead atoms. The van der Waals surface area contributed by atoms with E-state index in [1.54, 1.807) is 0 Å². The fourth-order valence-corrected chi connectivity index (χ4v) is 0.816. The van der Waals surface area contributed by atoms with E-state index >= 15 is 0 Å². The molecule has 0 amide bonds. The summed E-state index contributed by atoms with van der Waals surface area (Å²) < 4.78 is 0. The lowest BCUT2D eigenvalue weighted by Crippen LogP contribution is -2.31. The summed E-state index contributed by atoms with van der Waals surface area (Å²) in [5.41, 5.74) is 0.0726. The lowest BCUT2D eigenvalue weighted by Gasteiger charge is -2.27. The van der Waals surface area contributed by atoms with Crippen LogP contribution in [0.2, 0.25) is 0 Å². The number of aliphatic hydroxyl groups excluding tert-OH is 1. The van der Waals surface area contributed by atoms with Crippen molar-refractivity contribution in [2.75, 3.05) is 20.2 Å². The minimum atomic E-state index is 0.0726. The van der Waals surface area contributed by atoms with Gasteiger partial charge < -0.3 is 10.0 Å². The molecule has 0 radical (unpaired) electrons. The third-order valence-corrected chi connectivity index (χ3v) is 2.45. The van der Waals surface area contributed by atoms with Crippen molar-refractivity contribution < 1.29 is 5.11 Å². The highest BCUT2D eigenvalue weighted by Crippen LogP contribution is 2.19. The lowest BCUT2D eigenvalue weighted by molar-refractivity contribution is 0.129. The zero-order chi connectivity index (χ0) is 9.78. The van der Waals surface area contributed by atoms with Gasteiger partial charge in [0.2, 0.25) is 0 Å². The molecule has 1 N–H and O–H groups in total. The number of nitrogens with zero attached hydrogens (tertiary/aromatic N) is 1. The van der Waals surface area contributed by atoms with Gasteiger partial charge in [-0.1, -0.05) is 13.8 Å². The van der Waals surface area contributed by atoms with E-state index in [1.165, 1.54) is 0 Å². The Labute approximate surface area is 76.6 Å². The molecule has 2 nitrogen and oxygen atoms in total. The van der Waals surface area contributed by atoms with Crippen LogP contribution in [0.25, 0.3) is 0 Å². The molecule has 0 aliphatic carbocycles. The van der Waals surface area contributed by atoms with Gasteiger partial charge in [-0.15, -0.1) is 0 Å². The van der Waals surface area contributed by atoms with Gasteiger partial charge >= 0.3 is 0 Å². The fraction of sp³-hybridized carbons (Fsp3) is 1.00. The quantitative estimate of drug-likeness (QED) is 0.684. The summed E-state index contributed by atoms with van der Waals surface area (Å²) in [6.07, 6.45) is 1.05. The van der Waals surface area contributed by atoms with Crippen molar-refractivity contribution in [3.8, 4) is 0 Å². The monoisotopic (exact) mass is 173 g/mol. The predicted octanol–water partition coefficient (Wildman–Crippen LogP) is 1.74. The minimum absolute atomic E-state index is 0.0726. The second kappa shape index (κ2) is 4.83. The maximum Gasteiger partial charge on any atom is 0.0482 e. The Morgan fingerprint density at radius 2 is 1.83 bits per heavy atom. The van der Waals surface area contributed by atoms with Crippen molar-refractivity contribution >= 4 is 0 Å². The summed E-state index contributed by atoms with van der Waals surface area (Å²) in [6, 6.07) is 0.597. The van der Waals surface area contributed by atoms with Crippen LogP contribution in [-0.2, 0) is 0 Å². The topological polar surface area (TPSA) is 23.5 Å². The second-order valence-electron chi connectivity index (χ2n) is 4.65. The van der Waals surface area contributed by atoms with Crippen LogP contribution in [0.3, 0.4) is 0 Å². The smallest absolute Gasteiger partial charge is 0.0482 e. The average molecular weight is 173 g/mol. The van der Waals surface area contributed by atoms with Crippen LogP contribution in [0, 0.1) is 5.41 Å². The first-order valence-corrected chi connectivity index (χ1v) is 4.70. The fourth-order valence-electron chi connectivity index (χ4n) is 0.816. The maximum absolute atomic E-state index is 9.03. The Bertz CT molecular complexity index is 121. The van der Waals surface area contributed by atoms with Crippen LogP contribution in [0.15, 0.2) is 0 Å². The van der Waals surface area contributed by atoms with Crippen LogP contribution in [0.1, 0.15) is 34.1 Å². The molecule has 12 heavy (non-hydrogen) atoms.